The minimum atomic E-state index is -0.941. The molecule has 2 N–H and O–H groups in total. The first-order valence-electron chi connectivity index (χ1n) is 12.4. The van der Waals surface area contributed by atoms with Crippen molar-refractivity contribution in [3.63, 3.8) is 0 Å². The van der Waals surface area contributed by atoms with Crippen LogP contribution in [0.15, 0.2) is 73.1 Å². The number of pyridine rings is 1. The Kier molecular flexibility index (Phi) is 8.10. The van der Waals surface area contributed by atoms with Crippen LogP contribution in [0.4, 0.5) is 13.2 Å². The van der Waals surface area contributed by atoms with Gasteiger partial charge in [-0.25, -0.2) is 13.2 Å². The van der Waals surface area contributed by atoms with Crippen LogP contribution in [0, 0.1) is 17.5 Å². The molecular formula is C30H21Cl2F3N4O2. The Hall–Kier alpha value is -4.21. The van der Waals surface area contributed by atoms with E-state index >= 15 is 0 Å². The highest BCUT2D eigenvalue weighted by Gasteiger charge is 2.24. The Morgan fingerprint density at radius 3 is 2.46 bits per heavy atom. The first kappa shape index (κ1) is 28.3. The van der Waals surface area contributed by atoms with Gasteiger partial charge in [-0.1, -0.05) is 35.3 Å². The van der Waals surface area contributed by atoms with Crippen molar-refractivity contribution in [3.05, 3.63) is 117 Å². The molecule has 1 amide bonds. The Morgan fingerprint density at radius 2 is 1.73 bits per heavy atom. The molecule has 1 atom stereocenters. The van der Waals surface area contributed by atoms with Crippen LogP contribution in [0.3, 0.4) is 0 Å². The van der Waals surface area contributed by atoms with Crippen LogP contribution in [0.5, 0.6) is 0 Å². The summed E-state index contributed by atoms with van der Waals surface area (Å²) in [5.74, 6) is -4.14. The number of amides is 1. The molecule has 0 aliphatic heterocycles. The van der Waals surface area contributed by atoms with Gasteiger partial charge >= 0.3 is 0 Å². The molecule has 0 aliphatic carbocycles. The minimum absolute atomic E-state index is 0.0613. The van der Waals surface area contributed by atoms with Crippen LogP contribution in [0.1, 0.15) is 34.0 Å². The average molecular weight is 597 g/mol. The van der Waals surface area contributed by atoms with Gasteiger partial charge in [0, 0.05) is 40.6 Å². The summed E-state index contributed by atoms with van der Waals surface area (Å²) in [4.78, 5) is 29.8. The fourth-order valence-corrected chi connectivity index (χ4v) is 5.41. The van der Waals surface area contributed by atoms with E-state index in [1.807, 2.05) is 0 Å². The van der Waals surface area contributed by atoms with E-state index in [4.69, 9.17) is 28.9 Å². The summed E-state index contributed by atoms with van der Waals surface area (Å²) in [6.45, 7) is -0.126. The number of hydrogen-bond donors (Lipinski definition) is 1. The van der Waals surface area contributed by atoms with Gasteiger partial charge in [0.1, 0.15) is 24.0 Å². The van der Waals surface area contributed by atoms with Crippen LogP contribution in [0.25, 0.3) is 22.0 Å². The van der Waals surface area contributed by atoms with Crippen LogP contribution in [-0.4, -0.2) is 26.5 Å². The molecule has 2 aromatic heterocycles. The van der Waals surface area contributed by atoms with Crippen molar-refractivity contribution >= 4 is 45.8 Å². The van der Waals surface area contributed by atoms with Gasteiger partial charge in [0.15, 0.2) is 5.78 Å². The fourth-order valence-electron chi connectivity index (χ4n) is 4.88. The number of nitrogens with two attached hydrogens (primary N) is 1. The van der Waals surface area contributed by atoms with E-state index in [1.54, 1.807) is 24.3 Å². The molecule has 0 unspecified atom stereocenters. The van der Waals surface area contributed by atoms with Gasteiger partial charge in [-0.2, -0.15) is 5.10 Å². The van der Waals surface area contributed by atoms with Crippen LogP contribution >= 0.6 is 23.2 Å². The van der Waals surface area contributed by atoms with Gasteiger partial charge < -0.3 is 5.73 Å². The number of ketones is 1. The minimum Gasteiger partial charge on any atom is -0.366 e. The van der Waals surface area contributed by atoms with Crippen molar-refractivity contribution in [2.24, 2.45) is 5.73 Å². The van der Waals surface area contributed by atoms with Crippen LogP contribution in [-0.2, 0) is 17.8 Å². The Bertz CT molecular complexity index is 1790. The maximum Gasteiger partial charge on any atom is 0.251 e. The zero-order chi connectivity index (χ0) is 29.3. The predicted molar refractivity (Wildman–Crippen MR) is 150 cm³/mol. The quantitative estimate of drug-likeness (QED) is 0.200. The molecule has 5 aromatic rings. The number of fused-ring (bicyclic) bond motifs is 1. The lowest BCUT2D eigenvalue weighted by molar-refractivity contribution is -0.120. The largest absolute Gasteiger partial charge is 0.366 e. The topological polar surface area (TPSA) is 90.9 Å². The van der Waals surface area contributed by atoms with Crippen molar-refractivity contribution in [2.45, 2.75) is 25.3 Å². The van der Waals surface area contributed by atoms with Gasteiger partial charge in [0.05, 0.1) is 28.0 Å². The number of hydrogen-bond acceptors (Lipinski definition) is 4. The van der Waals surface area contributed by atoms with Crippen molar-refractivity contribution in [1.82, 2.24) is 14.8 Å². The number of halogens is 5. The highest BCUT2D eigenvalue weighted by molar-refractivity contribution is 6.38. The number of rotatable bonds is 9. The molecule has 6 nitrogen and oxygen atoms in total. The van der Waals surface area contributed by atoms with E-state index in [2.05, 4.69) is 10.1 Å². The molecule has 0 bridgehead atoms. The number of carbonyl (C=O) groups is 2. The average Bonchev–Trinajstić information content (AvgIpc) is 3.30. The summed E-state index contributed by atoms with van der Waals surface area (Å²) in [5.41, 5.74) is 7.29. The lowest BCUT2D eigenvalue weighted by atomic mass is 9.86. The SMILES string of the molecule is NC(=O)c1cc(-c2cccnc2[C@@H](CC(=O)Cn2ncc3c(Cl)cc(Cl)cc32)Cc2cc(F)cc(F)c2)ccc1F. The van der Waals surface area contributed by atoms with E-state index in [9.17, 15) is 22.8 Å². The van der Waals surface area contributed by atoms with E-state index < -0.39 is 29.3 Å². The van der Waals surface area contributed by atoms with Gasteiger partial charge in [-0.3, -0.25) is 19.3 Å². The molecule has 0 saturated carbocycles. The molecule has 0 spiro atoms. The molecular weight excluding hydrogens is 576 g/mol. The zero-order valence-electron chi connectivity index (χ0n) is 21.3. The highest BCUT2D eigenvalue weighted by Crippen LogP contribution is 2.34. The van der Waals surface area contributed by atoms with E-state index in [0.29, 0.717) is 43.3 Å². The maximum absolute atomic E-state index is 14.2. The number of nitrogens with zero attached hydrogens (tertiary/aromatic N) is 3. The molecule has 2 heterocycles. The second kappa shape index (κ2) is 11.7. The number of Topliss-reactive ketones (excluding diaryl/α,β-unsaturated/α-hetero) is 1. The van der Waals surface area contributed by atoms with Gasteiger partial charge in [0.25, 0.3) is 5.91 Å². The molecule has 0 radical (unpaired) electrons. The molecule has 0 fully saturated rings. The van der Waals surface area contributed by atoms with Crippen molar-refractivity contribution < 1.29 is 22.8 Å². The summed E-state index contributed by atoms with van der Waals surface area (Å²) in [5, 5.41) is 5.69. The molecule has 41 heavy (non-hydrogen) atoms. The van der Waals surface area contributed by atoms with Gasteiger partial charge in [0.2, 0.25) is 0 Å². The summed E-state index contributed by atoms with van der Waals surface area (Å²) >= 11 is 12.4. The monoisotopic (exact) mass is 596 g/mol. The first-order chi connectivity index (χ1) is 19.6. The van der Waals surface area contributed by atoms with Gasteiger partial charge in [-0.15, -0.1) is 0 Å². The number of aromatic nitrogens is 3. The lowest BCUT2D eigenvalue weighted by Gasteiger charge is -2.20. The van der Waals surface area contributed by atoms with Crippen LogP contribution < -0.4 is 5.73 Å². The summed E-state index contributed by atoms with van der Waals surface area (Å²) in [6, 6.07) is 13.6. The third-order valence-corrected chi connectivity index (χ3v) is 7.18. The van der Waals surface area contributed by atoms with Crippen molar-refractivity contribution in [1.29, 1.82) is 0 Å². The number of primary amides is 1. The Labute approximate surface area is 242 Å². The van der Waals surface area contributed by atoms with Gasteiger partial charge in [-0.05, 0) is 60.0 Å². The third kappa shape index (κ3) is 6.26. The standard InChI is InChI=1S/C30H21Cl2F3N4O2/c31-19-11-26(32)25-14-38-39(28(25)12-19)15-22(40)9-18(6-16-7-20(33)13-21(34)8-16)29-23(2-1-5-37-29)17-3-4-27(35)24(10-17)30(36)41/h1-5,7-8,10-14,18H,6,9,15H2,(H2,36,41)/t18-/m1/s1. The number of benzene rings is 3. The van der Waals surface area contributed by atoms with Crippen LogP contribution in [0.2, 0.25) is 10.0 Å². The molecule has 5 rings (SSSR count). The second-order valence-corrected chi connectivity index (χ2v) is 10.4. The zero-order valence-corrected chi connectivity index (χ0v) is 22.8. The highest BCUT2D eigenvalue weighted by atomic mass is 35.5. The fraction of sp³-hybridized carbons (Fsp3) is 0.133. The van der Waals surface area contributed by atoms with Crippen molar-refractivity contribution in [3.8, 4) is 11.1 Å². The molecule has 208 valence electrons. The first-order valence-corrected chi connectivity index (χ1v) is 13.2. The normalized spacial score (nSPS) is 12.0. The summed E-state index contributed by atoms with van der Waals surface area (Å²) in [6.07, 6.45) is 3.04. The molecule has 11 heteroatoms. The molecule has 0 saturated heterocycles. The van der Waals surface area contributed by atoms with E-state index in [1.165, 1.54) is 41.3 Å². The maximum atomic E-state index is 14.2. The van der Waals surface area contributed by atoms with Crippen molar-refractivity contribution in [2.75, 3.05) is 0 Å². The summed E-state index contributed by atoms with van der Waals surface area (Å²) < 4.78 is 43.8. The number of carbonyl (C=O) groups excluding carboxylic acids is 2. The molecule has 3 aromatic carbocycles. The van der Waals surface area contributed by atoms with E-state index in [0.717, 1.165) is 12.1 Å². The second-order valence-electron chi connectivity index (χ2n) is 9.54. The Balaban J connectivity index is 1.53. The summed E-state index contributed by atoms with van der Waals surface area (Å²) in [7, 11) is 0. The third-order valence-electron chi connectivity index (χ3n) is 6.65. The Morgan fingerprint density at radius 1 is 0.976 bits per heavy atom. The van der Waals surface area contributed by atoms with E-state index in [-0.39, 0.29) is 30.7 Å². The molecule has 0 aliphatic rings. The smallest absolute Gasteiger partial charge is 0.251 e. The predicted octanol–water partition coefficient (Wildman–Crippen LogP) is 6.91. The lowest BCUT2D eigenvalue weighted by Crippen LogP contribution is -2.18.